The van der Waals surface area contributed by atoms with Crippen molar-refractivity contribution >= 4 is 70.0 Å². The molecule has 0 atom stereocenters. The van der Waals surface area contributed by atoms with Crippen LogP contribution in [-0.2, 0) is 6.42 Å². The normalized spacial score (nSPS) is 11.7. The van der Waals surface area contributed by atoms with Crippen LogP contribution in [0, 0.1) is 0 Å². The molecule has 2 amide bonds. The first kappa shape index (κ1) is 46.4. The van der Waals surface area contributed by atoms with Crippen LogP contribution in [0.25, 0.3) is 10.8 Å². The van der Waals surface area contributed by atoms with Gasteiger partial charge in [0.2, 0.25) is 34.4 Å². The van der Waals surface area contributed by atoms with Gasteiger partial charge in [0.25, 0.3) is 0 Å². The zero-order valence-corrected chi connectivity index (χ0v) is 35.7. The van der Waals surface area contributed by atoms with Crippen molar-refractivity contribution in [3.05, 3.63) is 76.8 Å². The number of carbonyl (C=O) groups excluding carboxylic acids is 2. The first-order chi connectivity index (χ1) is 27.7. The van der Waals surface area contributed by atoms with Gasteiger partial charge in [-0.3, -0.25) is 0 Å². The Kier molecular flexibility index (Phi) is 18.7. The summed E-state index contributed by atoms with van der Waals surface area (Å²) in [4.78, 5) is 46.1. The number of anilines is 4. The number of nitrogens with zero attached hydrogens (tertiary/aromatic N) is 6. The van der Waals surface area contributed by atoms with Gasteiger partial charge in [-0.05, 0) is 89.2 Å². The molecule has 0 fully saturated rings. The first-order valence-corrected chi connectivity index (χ1v) is 19.3. The largest absolute Gasteiger partial charge is 0.483 e. The lowest BCUT2D eigenvalue weighted by Gasteiger charge is -2.17. The molecule has 0 radical (unpaired) electrons. The molecule has 6 N–H and O–H groups in total. The predicted octanol–water partition coefficient (Wildman–Crippen LogP) is 7.84. The molecule has 0 saturated heterocycles. The summed E-state index contributed by atoms with van der Waals surface area (Å²) in [5.41, 5.74) is 0.844. The maximum absolute atomic E-state index is 11.2. The van der Waals surface area contributed by atoms with Gasteiger partial charge in [0, 0.05) is 57.1 Å². The van der Waals surface area contributed by atoms with Crippen LogP contribution in [-0.4, -0.2) is 87.5 Å². The number of benzene rings is 3. The fourth-order valence-electron chi connectivity index (χ4n) is 4.99. The topological polar surface area (TPSA) is 211 Å². The SMILES string of the molecule is CCNc1nc(Cl)nc(NC(C)C)n1.CCNc1nc(Cl)nc(NCC)n1.CNC(=O)Oc1cccc2c1OC(C)(C)C2.CNC(=O)Oc1cccc2ccccc12. The number of fused-ring (bicyclic) bond motifs is 2. The van der Waals surface area contributed by atoms with E-state index < -0.39 is 12.2 Å². The second kappa shape index (κ2) is 23.3. The number of aromatic nitrogens is 6. The quantitative estimate of drug-likeness (QED) is 0.0791. The van der Waals surface area contributed by atoms with E-state index in [9.17, 15) is 9.59 Å². The van der Waals surface area contributed by atoms with E-state index in [0.29, 0.717) is 41.0 Å². The summed E-state index contributed by atoms with van der Waals surface area (Å²) < 4.78 is 16.0. The molecule has 5 aromatic rings. The van der Waals surface area contributed by atoms with Crippen LogP contribution in [0.4, 0.5) is 33.4 Å². The molecule has 0 spiro atoms. The predicted molar refractivity (Wildman–Crippen MR) is 230 cm³/mol. The fourth-order valence-corrected chi connectivity index (χ4v) is 5.31. The maximum Gasteiger partial charge on any atom is 0.412 e. The molecule has 2 aromatic heterocycles. The molecule has 0 unspecified atom stereocenters. The average molecular weight is 840 g/mol. The number of carbonyl (C=O) groups is 2. The van der Waals surface area contributed by atoms with Crippen LogP contribution in [0.2, 0.25) is 10.6 Å². The minimum absolute atomic E-state index is 0.194. The van der Waals surface area contributed by atoms with E-state index in [1.165, 1.54) is 14.1 Å². The smallest absolute Gasteiger partial charge is 0.412 e. The van der Waals surface area contributed by atoms with E-state index in [1.54, 1.807) is 12.1 Å². The highest BCUT2D eigenvalue weighted by Crippen LogP contribution is 2.41. The van der Waals surface area contributed by atoms with Crippen molar-refractivity contribution in [1.29, 1.82) is 0 Å². The molecule has 312 valence electrons. The Morgan fingerprint density at radius 1 is 0.690 bits per heavy atom. The van der Waals surface area contributed by atoms with Gasteiger partial charge in [0.15, 0.2) is 11.5 Å². The Morgan fingerprint density at radius 3 is 1.69 bits per heavy atom. The molecule has 3 aromatic carbocycles. The van der Waals surface area contributed by atoms with Gasteiger partial charge >= 0.3 is 12.2 Å². The van der Waals surface area contributed by atoms with Crippen LogP contribution in [0.5, 0.6) is 17.2 Å². The van der Waals surface area contributed by atoms with E-state index >= 15 is 0 Å². The van der Waals surface area contributed by atoms with E-state index in [2.05, 4.69) is 61.8 Å². The highest BCUT2D eigenvalue weighted by molar-refractivity contribution is 6.28. The van der Waals surface area contributed by atoms with Crippen molar-refractivity contribution in [2.75, 3.05) is 55.0 Å². The Balaban J connectivity index is 0.000000208. The monoisotopic (exact) mass is 838 g/mol. The first-order valence-electron chi connectivity index (χ1n) is 18.6. The Morgan fingerprint density at radius 2 is 1.16 bits per heavy atom. The number of nitrogens with one attached hydrogen (secondary N) is 6. The lowest BCUT2D eigenvalue weighted by atomic mass is 10.0. The molecular weight excluding hydrogens is 787 g/mol. The number of hydrogen-bond donors (Lipinski definition) is 6. The number of rotatable bonds is 10. The molecule has 6 rings (SSSR count). The van der Waals surface area contributed by atoms with Crippen molar-refractivity contribution in [2.24, 2.45) is 0 Å². The zero-order chi connectivity index (χ0) is 42.7. The van der Waals surface area contributed by atoms with Crippen LogP contribution < -0.4 is 46.1 Å². The summed E-state index contributed by atoms with van der Waals surface area (Å²) in [5.74, 6) is 3.72. The molecule has 0 aliphatic carbocycles. The van der Waals surface area contributed by atoms with Gasteiger partial charge in [-0.25, -0.2) is 9.59 Å². The molecule has 3 heterocycles. The highest BCUT2D eigenvalue weighted by atomic mass is 35.5. The van der Waals surface area contributed by atoms with Crippen molar-refractivity contribution in [3.63, 3.8) is 0 Å². The highest BCUT2D eigenvalue weighted by Gasteiger charge is 2.32. The third-order valence-corrected chi connectivity index (χ3v) is 7.59. The fraction of sp³-hybridized carbons (Fsp3) is 0.385. The Hall–Kier alpha value is -5.94. The van der Waals surface area contributed by atoms with E-state index in [4.69, 9.17) is 37.4 Å². The number of amides is 2. The van der Waals surface area contributed by atoms with Gasteiger partial charge < -0.3 is 46.1 Å². The summed E-state index contributed by atoms with van der Waals surface area (Å²) in [6.45, 7) is 16.2. The van der Waals surface area contributed by atoms with Crippen LogP contribution >= 0.6 is 23.2 Å². The second-order valence-electron chi connectivity index (χ2n) is 12.9. The molecule has 1 aliphatic heterocycles. The Labute approximate surface area is 348 Å². The number of halogens is 2. The number of ether oxygens (including phenoxy) is 3. The van der Waals surface area contributed by atoms with Crippen LogP contribution in [0.15, 0.2) is 60.7 Å². The third-order valence-electron chi connectivity index (χ3n) is 7.26. The molecule has 17 nitrogen and oxygen atoms in total. The van der Waals surface area contributed by atoms with Crippen molar-refractivity contribution < 1.29 is 23.8 Å². The second-order valence-corrected chi connectivity index (χ2v) is 13.6. The molecule has 0 saturated carbocycles. The van der Waals surface area contributed by atoms with Gasteiger partial charge in [-0.15, -0.1) is 0 Å². The van der Waals surface area contributed by atoms with Gasteiger partial charge in [-0.2, -0.15) is 29.9 Å². The third kappa shape index (κ3) is 15.5. The maximum atomic E-state index is 11.2. The molecule has 19 heteroatoms. The van der Waals surface area contributed by atoms with Crippen LogP contribution in [0.1, 0.15) is 54.0 Å². The van der Waals surface area contributed by atoms with E-state index in [0.717, 1.165) is 42.4 Å². The van der Waals surface area contributed by atoms with Crippen molar-refractivity contribution in [2.45, 2.75) is 66.5 Å². The zero-order valence-electron chi connectivity index (χ0n) is 34.2. The molecular formula is C39H52Cl2N12O5. The van der Waals surface area contributed by atoms with E-state index in [1.807, 2.05) is 97.0 Å². The lowest BCUT2D eigenvalue weighted by molar-refractivity contribution is 0.133. The summed E-state index contributed by atoms with van der Waals surface area (Å²) >= 11 is 11.4. The molecule has 58 heavy (non-hydrogen) atoms. The molecule has 1 aliphatic rings. The number of para-hydroxylation sites is 1. The lowest BCUT2D eigenvalue weighted by Crippen LogP contribution is -2.25. The standard InChI is InChI=1S/C12H15NO3.C12H11NO2.C8H14ClN5.C7H12ClN5/c1-12(2)7-8-5-4-6-9(10(8)16-12)15-11(14)13-3;1-13-12(14)15-11-8-4-6-9-5-2-3-7-10(9)11;1-4-10-7-12-6(9)13-8(14-7)11-5(2)3;1-3-9-6-11-5(8)12-7(13-6)10-4-2/h4-6H,7H2,1-3H3,(H,13,14);2-8H,1H3,(H,13,14);5H,4H2,1-3H3,(H2,10,11,12,13,14);3-4H2,1-2H3,(H2,9,10,11,12,13). The van der Waals surface area contributed by atoms with Crippen LogP contribution in [0.3, 0.4) is 0 Å². The minimum Gasteiger partial charge on any atom is -0.483 e. The van der Waals surface area contributed by atoms with Gasteiger partial charge in [0.05, 0.1) is 0 Å². The average Bonchev–Trinajstić information content (AvgIpc) is 3.50. The van der Waals surface area contributed by atoms with E-state index in [-0.39, 0.29) is 22.2 Å². The van der Waals surface area contributed by atoms with Crippen molar-refractivity contribution in [1.82, 2.24) is 40.5 Å². The molecule has 0 bridgehead atoms. The van der Waals surface area contributed by atoms with Gasteiger partial charge in [-0.1, -0.05) is 48.5 Å². The summed E-state index contributed by atoms with van der Waals surface area (Å²) in [5, 5.41) is 19.2. The summed E-state index contributed by atoms with van der Waals surface area (Å²) in [7, 11) is 3.06. The summed E-state index contributed by atoms with van der Waals surface area (Å²) in [6.07, 6.45) is -0.110. The summed E-state index contributed by atoms with van der Waals surface area (Å²) in [6, 6.07) is 19.2. The van der Waals surface area contributed by atoms with Gasteiger partial charge in [0.1, 0.15) is 11.4 Å². The Bertz CT molecular complexity index is 2060. The van der Waals surface area contributed by atoms with Crippen molar-refractivity contribution in [3.8, 4) is 17.2 Å². The minimum atomic E-state index is -0.485. The number of hydrogen-bond acceptors (Lipinski definition) is 15.